The van der Waals surface area contributed by atoms with E-state index in [1.165, 1.54) is 0 Å². The third kappa shape index (κ3) is 4.35. The SMILES string of the molecule is Cc1ccnc(-n2c3[c-]c(Oc4cc(C(C)(C)C)c5cccc(O)c5n4)ccc3c3cccc(C)c32)c1.[Pt]. The Kier molecular flexibility index (Phi) is 6.52. The molecule has 3 aromatic carbocycles. The molecule has 0 radical (unpaired) electrons. The van der Waals surface area contributed by atoms with Crippen LogP contribution in [0.4, 0.5) is 0 Å². The Bertz CT molecular complexity index is 1830. The summed E-state index contributed by atoms with van der Waals surface area (Å²) in [6, 6.07) is 25.3. The van der Waals surface area contributed by atoms with Crippen molar-refractivity contribution < 1.29 is 30.9 Å². The van der Waals surface area contributed by atoms with E-state index in [0.717, 1.165) is 49.7 Å². The van der Waals surface area contributed by atoms with Crippen LogP contribution in [0, 0.1) is 19.9 Å². The van der Waals surface area contributed by atoms with Gasteiger partial charge in [0.05, 0.1) is 0 Å². The average molecular weight is 682 g/mol. The number of aromatic nitrogens is 3. The van der Waals surface area contributed by atoms with Crippen molar-refractivity contribution in [3.8, 4) is 23.2 Å². The molecule has 3 aromatic heterocycles. The molecule has 0 amide bonds. The van der Waals surface area contributed by atoms with Gasteiger partial charge in [0.15, 0.2) is 0 Å². The molecule has 3 heterocycles. The molecule has 5 nitrogen and oxygen atoms in total. The zero-order valence-corrected chi connectivity index (χ0v) is 24.2. The summed E-state index contributed by atoms with van der Waals surface area (Å²) in [5, 5.41) is 13.7. The predicted molar refractivity (Wildman–Crippen MR) is 149 cm³/mol. The van der Waals surface area contributed by atoms with E-state index in [-0.39, 0.29) is 32.2 Å². The normalized spacial score (nSPS) is 11.7. The number of rotatable bonds is 3. The summed E-state index contributed by atoms with van der Waals surface area (Å²) in [5.74, 6) is 1.94. The number of nitrogens with zero attached hydrogens (tertiary/aromatic N) is 3. The largest absolute Gasteiger partial charge is 0.506 e. The first-order valence-electron chi connectivity index (χ1n) is 12.4. The van der Waals surface area contributed by atoms with Gasteiger partial charge < -0.3 is 14.4 Å². The van der Waals surface area contributed by atoms with Crippen molar-refractivity contribution >= 4 is 32.7 Å². The van der Waals surface area contributed by atoms with Crippen LogP contribution in [0.3, 0.4) is 0 Å². The van der Waals surface area contributed by atoms with Gasteiger partial charge in [-0.15, -0.1) is 17.5 Å². The Hall–Kier alpha value is -3.69. The van der Waals surface area contributed by atoms with Crippen molar-refractivity contribution in [2.75, 3.05) is 0 Å². The standard InChI is InChI=1S/C32H28N3O2.Pt/c1-19-14-15-33-28(16-19)35-26-17-21(12-13-22(26)23-9-6-8-20(2)31(23)35)37-29-18-25(32(3,4)5)24-10-7-11-27(36)30(24)34-29;/h6-16,18,36H,1-5H3;/q-1;. The number of ether oxygens (including phenoxy) is 1. The maximum Gasteiger partial charge on any atom is 0.217 e. The van der Waals surface area contributed by atoms with E-state index in [4.69, 9.17) is 4.74 Å². The van der Waals surface area contributed by atoms with Crippen molar-refractivity contribution in [2.24, 2.45) is 0 Å². The summed E-state index contributed by atoms with van der Waals surface area (Å²) < 4.78 is 8.47. The van der Waals surface area contributed by atoms with E-state index in [2.05, 4.69) is 85.6 Å². The second-order valence-electron chi connectivity index (χ2n) is 10.6. The van der Waals surface area contributed by atoms with Crippen molar-refractivity contribution in [2.45, 2.75) is 40.0 Å². The number of fused-ring (bicyclic) bond motifs is 4. The summed E-state index contributed by atoms with van der Waals surface area (Å²) in [5.41, 5.74) is 5.71. The Morgan fingerprint density at radius 2 is 1.66 bits per heavy atom. The molecular formula is C32H28N3O2Pt-. The van der Waals surface area contributed by atoms with Gasteiger partial charge in [0.25, 0.3) is 0 Å². The third-order valence-electron chi connectivity index (χ3n) is 6.82. The number of pyridine rings is 2. The molecule has 38 heavy (non-hydrogen) atoms. The smallest absolute Gasteiger partial charge is 0.217 e. The Balaban J connectivity index is 0.00000294. The van der Waals surface area contributed by atoms with Crippen LogP contribution in [-0.2, 0) is 26.5 Å². The van der Waals surface area contributed by atoms with Crippen LogP contribution in [-0.4, -0.2) is 19.6 Å². The van der Waals surface area contributed by atoms with Gasteiger partial charge in [-0.05, 0) is 59.5 Å². The second kappa shape index (κ2) is 9.56. The summed E-state index contributed by atoms with van der Waals surface area (Å²) >= 11 is 0. The zero-order valence-electron chi connectivity index (χ0n) is 21.9. The molecule has 0 unspecified atom stereocenters. The van der Waals surface area contributed by atoms with Gasteiger partial charge in [0, 0.05) is 50.0 Å². The number of aromatic hydroxyl groups is 1. The first-order valence-corrected chi connectivity index (χ1v) is 12.4. The molecule has 0 saturated heterocycles. The van der Waals surface area contributed by atoms with Crippen molar-refractivity contribution in [1.82, 2.24) is 14.5 Å². The number of hydrogen-bond acceptors (Lipinski definition) is 4. The van der Waals surface area contributed by atoms with Crippen molar-refractivity contribution in [1.29, 1.82) is 0 Å². The minimum atomic E-state index is -0.165. The maximum absolute atomic E-state index is 10.5. The average Bonchev–Trinajstić information content (AvgIpc) is 3.18. The van der Waals surface area contributed by atoms with Gasteiger partial charge >= 0.3 is 0 Å². The fourth-order valence-corrected chi connectivity index (χ4v) is 5.07. The number of para-hydroxylation sites is 2. The summed E-state index contributed by atoms with van der Waals surface area (Å²) in [4.78, 5) is 9.34. The molecule has 0 aliphatic heterocycles. The maximum atomic E-state index is 10.5. The minimum absolute atomic E-state index is 0. The zero-order chi connectivity index (χ0) is 25.9. The monoisotopic (exact) mass is 681 g/mol. The van der Waals surface area contributed by atoms with Gasteiger partial charge in [0.2, 0.25) is 5.88 Å². The van der Waals surface area contributed by atoms with Crippen LogP contribution in [0.5, 0.6) is 17.4 Å². The second-order valence-corrected chi connectivity index (χ2v) is 10.6. The van der Waals surface area contributed by atoms with Gasteiger partial charge in [-0.2, -0.15) is 6.07 Å². The Morgan fingerprint density at radius 3 is 2.42 bits per heavy atom. The molecule has 6 aromatic rings. The van der Waals surface area contributed by atoms with E-state index in [0.29, 0.717) is 17.1 Å². The number of hydrogen-bond donors (Lipinski definition) is 1. The van der Waals surface area contributed by atoms with Crippen LogP contribution in [0.15, 0.2) is 72.9 Å². The van der Waals surface area contributed by atoms with Gasteiger partial charge in [0.1, 0.15) is 17.1 Å². The van der Waals surface area contributed by atoms with Crippen molar-refractivity contribution in [3.63, 3.8) is 0 Å². The number of phenols is 1. The van der Waals surface area contributed by atoms with Crippen LogP contribution < -0.4 is 4.74 Å². The van der Waals surface area contributed by atoms with E-state index >= 15 is 0 Å². The van der Waals surface area contributed by atoms with Gasteiger partial charge in [-0.1, -0.05) is 56.6 Å². The Morgan fingerprint density at radius 1 is 0.895 bits per heavy atom. The molecule has 0 saturated carbocycles. The topological polar surface area (TPSA) is 60.2 Å². The number of phenolic OH excluding ortho intramolecular Hbond substituents is 1. The summed E-state index contributed by atoms with van der Waals surface area (Å²) in [6.45, 7) is 10.6. The molecule has 194 valence electrons. The third-order valence-corrected chi connectivity index (χ3v) is 6.82. The molecule has 6 heteroatoms. The first kappa shape index (κ1) is 25.9. The minimum Gasteiger partial charge on any atom is -0.506 e. The molecule has 0 fully saturated rings. The number of aryl methyl sites for hydroxylation is 2. The molecule has 0 aliphatic carbocycles. The van der Waals surface area contributed by atoms with Crippen LogP contribution >= 0.6 is 0 Å². The van der Waals surface area contributed by atoms with E-state index in [9.17, 15) is 5.11 Å². The van der Waals surface area contributed by atoms with E-state index < -0.39 is 0 Å². The fraction of sp³-hybridized carbons (Fsp3) is 0.188. The summed E-state index contributed by atoms with van der Waals surface area (Å²) in [7, 11) is 0. The molecule has 0 aliphatic rings. The molecule has 6 rings (SSSR count). The molecule has 0 spiro atoms. The van der Waals surface area contributed by atoms with Gasteiger partial charge in [-0.3, -0.25) is 0 Å². The molecule has 0 bridgehead atoms. The predicted octanol–water partition coefficient (Wildman–Crippen LogP) is 7.94. The quantitative estimate of drug-likeness (QED) is 0.193. The molecule has 0 atom stereocenters. The van der Waals surface area contributed by atoms with Crippen LogP contribution in [0.25, 0.3) is 38.5 Å². The van der Waals surface area contributed by atoms with Crippen LogP contribution in [0.1, 0.15) is 37.5 Å². The first-order chi connectivity index (χ1) is 17.7. The molecular weight excluding hydrogens is 653 g/mol. The Labute approximate surface area is 236 Å². The van der Waals surface area contributed by atoms with Crippen LogP contribution in [0.2, 0.25) is 0 Å². The van der Waals surface area contributed by atoms with Crippen molar-refractivity contribution in [3.05, 3.63) is 95.7 Å². The summed E-state index contributed by atoms with van der Waals surface area (Å²) in [6.07, 6.45) is 1.83. The van der Waals surface area contributed by atoms with E-state index in [1.54, 1.807) is 6.07 Å². The number of benzene rings is 3. The molecule has 1 N–H and O–H groups in total. The van der Waals surface area contributed by atoms with Gasteiger partial charge in [-0.25, -0.2) is 9.97 Å². The fourth-order valence-electron chi connectivity index (χ4n) is 5.07. The van der Waals surface area contributed by atoms with E-state index in [1.807, 2.05) is 36.5 Å².